The van der Waals surface area contributed by atoms with E-state index >= 15 is 0 Å². The van der Waals surface area contributed by atoms with Gasteiger partial charge in [0.05, 0.1) is 0 Å². The number of hydrogen-bond donors (Lipinski definition) is 2. The van der Waals surface area contributed by atoms with Crippen LogP contribution in [-0.2, 0) is 0 Å². The molecule has 1 heterocycles. The minimum Gasteiger partial charge on any atom is -0.423 e. The highest BCUT2D eigenvalue weighted by Gasteiger charge is 2.15. The molecule has 0 aromatic carbocycles. The third kappa shape index (κ3) is 2.29. The van der Waals surface area contributed by atoms with Gasteiger partial charge in [-0.05, 0) is 29.8 Å². The lowest BCUT2D eigenvalue weighted by molar-refractivity contribution is 0.425. The highest BCUT2D eigenvalue weighted by Crippen LogP contribution is 2.09. The monoisotopic (exact) mass is 189 g/mol. The van der Waals surface area contributed by atoms with Crippen molar-refractivity contribution in [2.45, 2.75) is 26.4 Å². The van der Waals surface area contributed by atoms with Crippen LogP contribution in [0.5, 0.6) is 0 Å². The van der Waals surface area contributed by atoms with Crippen LogP contribution in [0.4, 0.5) is 0 Å². The van der Waals surface area contributed by atoms with E-state index in [9.17, 15) is 10.0 Å². The van der Waals surface area contributed by atoms with Gasteiger partial charge < -0.3 is 10.0 Å². The van der Waals surface area contributed by atoms with E-state index in [1.54, 1.807) is 0 Å². The molecule has 0 spiro atoms. The average molecular weight is 189 g/mol. The van der Waals surface area contributed by atoms with Gasteiger partial charge in [0.25, 0.3) is 0 Å². The van der Waals surface area contributed by atoms with Crippen molar-refractivity contribution < 1.29 is 23.8 Å². The van der Waals surface area contributed by atoms with E-state index in [0.717, 1.165) is 0 Å². The van der Waals surface area contributed by atoms with E-state index < -0.39 is 50.3 Å². The molecular weight excluding hydrogens is 165 g/mol. The molecule has 0 aliphatic rings. The Morgan fingerprint density at radius 3 is 2.92 bits per heavy atom. The molecule has 0 fully saturated rings. The molecule has 70 valence electrons. The third-order valence-electron chi connectivity index (χ3n) is 1.47. The van der Waals surface area contributed by atoms with Gasteiger partial charge in [-0.3, -0.25) is 4.98 Å². The SMILES string of the molecule is [2H]C([2H])([2H])c1cnc(C([2H])(C([2H])([2H])[2H])C([2H])([2H])[2H])cc1B(O)O. The molecule has 0 radical (unpaired) electrons. The second-order valence-corrected chi connectivity index (χ2v) is 2.41. The van der Waals surface area contributed by atoms with Crippen molar-refractivity contribution in [2.75, 3.05) is 0 Å². The summed E-state index contributed by atoms with van der Waals surface area (Å²) in [6, 6.07) is 0.623. The summed E-state index contributed by atoms with van der Waals surface area (Å²) in [4.78, 5) is 3.50. The largest absolute Gasteiger partial charge is 0.488 e. The lowest BCUT2D eigenvalue weighted by atomic mass is 9.77. The highest BCUT2D eigenvalue weighted by atomic mass is 16.4. The molecule has 4 heteroatoms. The zero-order valence-electron chi connectivity index (χ0n) is 16.6. The van der Waals surface area contributed by atoms with Crippen LogP contribution in [0, 0.1) is 6.85 Å². The van der Waals surface area contributed by atoms with Crippen LogP contribution in [0.1, 0.15) is 44.6 Å². The molecule has 1 aromatic heterocycles. The quantitative estimate of drug-likeness (QED) is 0.653. The summed E-state index contributed by atoms with van der Waals surface area (Å²) in [6.45, 7) is -9.41. The van der Waals surface area contributed by atoms with E-state index in [1.165, 1.54) is 0 Å². The smallest absolute Gasteiger partial charge is 0.423 e. The summed E-state index contributed by atoms with van der Waals surface area (Å²) < 4.78 is 73.8. The molecule has 0 saturated heterocycles. The molecule has 13 heavy (non-hydrogen) atoms. The van der Waals surface area contributed by atoms with Gasteiger partial charge in [0.1, 0.15) is 0 Å². The number of hydrogen-bond acceptors (Lipinski definition) is 3. The van der Waals surface area contributed by atoms with E-state index in [-0.39, 0.29) is 0 Å². The summed E-state index contributed by atoms with van der Waals surface area (Å²) in [5.74, 6) is -3.16. The second-order valence-electron chi connectivity index (χ2n) is 2.41. The molecule has 0 unspecified atom stereocenters. The molecule has 0 saturated carbocycles. The first kappa shape index (κ1) is 3.07. The zero-order chi connectivity index (χ0) is 18.4. The van der Waals surface area contributed by atoms with Gasteiger partial charge in [0, 0.05) is 25.6 Å². The Morgan fingerprint density at radius 1 is 1.62 bits per heavy atom. The van der Waals surface area contributed by atoms with E-state index in [4.69, 9.17) is 13.7 Å². The predicted octanol–water partition coefficient (Wildman–Crippen LogP) is 0.193. The number of nitrogens with zero attached hydrogens (tertiary/aromatic N) is 1. The van der Waals surface area contributed by atoms with Crippen LogP contribution >= 0.6 is 0 Å². The Labute approximate surface area is 92.6 Å². The van der Waals surface area contributed by atoms with Crippen molar-refractivity contribution in [1.82, 2.24) is 4.98 Å². The summed E-state index contributed by atoms with van der Waals surface area (Å²) in [7, 11) is -2.30. The number of aromatic nitrogens is 1. The number of rotatable bonds is 2. The summed E-state index contributed by atoms with van der Waals surface area (Å²) in [5, 5.41) is 18.6. The van der Waals surface area contributed by atoms with Crippen molar-refractivity contribution in [3.05, 3.63) is 23.5 Å². The maximum absolute atomic E-state index is 9.30. The fourth-order valence-corrected chi connectivity index (χ4v) is 0.821. The molecule has 3 nitrogen and oxygen atoms in total. The Hall–Kier alpha value is -0.865. The van der Waals surface area contributed by atoms with Crippen LogP contribution in [0.3, 0.4) is 0 Å². The van der Waals surface area contributed by atoms with Crippen LogP contribution in [-0.4, -0.2) is 22.2 Å². The van der Waals surface area contributed by atoms with Gasteiger partial charge in [-0.25, -0.2) is 0 Å². The minimum absolute atomic E-state index is 0.574. The first-order valence-electron chi connectivity index (χ1n) is 8.40. The van der Waals surface area contributed by atoms with Gasteiger partial charge in [-0.15, -0.1) is 0 Å². The summed E-state index contributed by atoms with van der Waals surface area (Å²) in [5.41, 5.74) is -2.00. The molecule has 0 amide bonds. The van der Waals surface area contributed by atoms with Crippen LogP contribution in [0.15, 0.2) is 12.3 Å². The van der Waals surface area contributed by atoms with Gasteiger partial charge in [-0.1, -0.05) is 13.7 Å². The molecule has 1 aromatic rings. The van der Waals surface area contributed by atoms with Crippen molar-refractivity contribution in [1.29, 1.82) is 0 Å². The topological polar surface area (TPSA) is 53.4 Å². The molecular formula is C9H14BNO2. The second kappa shape index (κ2) is 3.90. The van der Waals surface area contributed by atoms with Gasteiger partial charge in [-0.2, -0.15) is 0 Å². The van der Waals surface area contributed by atoms with Crippen LogP contribution < -0.4 is 5.46 Å². The van der Waals surface area contributed by atoms with Crippen molar-refractivity contribution in [2.24, 2.45) is 0 Å². The van der Waals surface area contributed by atoms with Gasteiger partial charge >= 0.3 is 7.12 Å². The first-order chi connectivity index (χ1) is 10.0. The first-order valence-corrected chi connectivity index (χ1v) is 3.40. The molecule has 0 bridgehead atoms. The van der Waals surface area contributed by atoms with Crippen molar-refractivity contribution >= 4 is 12.6 Å². The molecule has 2 N–H and O–H groups in total. The summed E-state index contributed by atoms with van der Waals surface area (Å²) >= 11 is 0. The molecule has 0 atom stereocenters. The fourth-order valence-electron chi connectivity index (χ4n) is 0.821. The zero-order valence-corrected chi connectivity index (χ0v) is 6.57. The van der Waals surface area contributed by atoms with Crippen LogP contribution in [0.2, 0.25) is 0 Å². The van der Waals surface area contributed by atoms with Crippen LogP contribution in [0.25, 0.3) is 0 Å². The highest BCUT2D eigenvalue weighted by molar-refractivity contribution is 6.59. The van der Waals surface area contributed by atoms with E-state index in [0.29, 0.717) is 12.3 Å². The Morgan fingerprint density at radius 2 is 2.38 bits per heavy atom. The van der Waals surface area contributed by atoms with Gasteiger partial charge in [0.15, 0.2) is 0 Å². The standard InChI is InChI=1S/C9H14BNO2/c1-6(2)9-4-8(10(12)13)7(3)5-11-9/h4-6,12-13H,1-3H3/i1D3,2D3,3D3,6D. The molecule has 0 aliphatic carbocycles. The number of pyridine rings is 1. The summed E-state index contributed by atoms with van der Waals surface area (Å²) in [6.07, 6.45) is 0.637. The Balaban J connectivity index is 3.70. The van der Waals surface area contributed by atoms with E-state index in [1.807, 2.05) is 0 Å². The van der Waals surface area contributed by atoms with Crippen molar-refractivity contribution in [3.8, 4) is 0 Å². The van der Waals surface area contributed by atoms with E-state index in [2.05, 4.69) is 4.98 Å². The lowest BCUT2D eigenvalue weighted by Crippen LogP contribution is -2.32. The maximum Gasteiger partial charge on any atom is 0.488 e. The van der Waals surface area contributed by atoms with Crippen molar-refractivity contribution in [3.63, 3.8) is 0 Å². The fraction of sp³-hybridized carbons (Fsp3) is 0.444. The third-order valence-corrected chi connectivity index (χ3v) is 1.47. The molecule has 0 aliphatic heterocycles. The normalized spacial score (nSPS) is 25.7. The molecule has 1 rings (SSSR count). The Bertz CT molecular complexity index is 565. The lowest BCUT2D eigenvalue weighted by Gasteiger charge is -2.09. The number of aryl methyl sites for hydroxylation is 1. The average Bonchev–Trinajstić information content (AvgIpc) is 2.33. The maximum atomic E-state index is 9.30. The van der Waals surface area contributed by atoms with Gasteiger partial charge in [0.2, 0.25) is 0 Å². The minimum atomic E-state index is -3.32. The Kier molecular flexibility index (Phi) is 0.920. The predicted molar refractivity (Wildman–Crippen MR) is 52.9 cm³/mol.